The second-order valence-electron chi connectivity index (χ2n) is 5.73. The summed E-state index contributed by atoms with van der Waals surface area (Å²) in [4.78, 5) is 28.2. The summed E-state index contributed by atoms with van der Waals surface area (Å²) in [5.74, 6) is -0.486. The summed E-state index contributed by atoms with van der Waals surface area (Å²) < 4.78 is 12.1. The van der Waals surface area contributed by atoms with E-state index < -0.39 is 18.2 Å². The third-order valence-corrected chi connectivity index (χ3v) is 3.69. The molecule has 0 radical (unpaired) electrons. The van der Waals surface area contributed by atoms with E-state index in [0.717, 1.165) is 5.56 Å². The molecule has 1 N–H and O–H groups in total. The summed E-state index contributed by atoms with van der Waals surface area (Å²) in [5.41, 5.74) is 1.93. The summed E-state index contributed by atoms with van der Waals surface area (Å²) in [5, 5.41) is 2.58. The number of fused-ring (bicyclic) bond motifs is 1. The molecule has 3 rings (SSSR count). The van der Waals surface area contributed by atoms with Crippen molar-refractivity contribution in [1.82, 2.24) is 14.7 Å². The number of hydrogen-bond acceptors (Lipinski definition) is 5. The molecule has 7 heteroatoms. The molecule has 1 atom stereocenters. The van der Waals surface area contributed by atoms with Crippen LogP contribution in [-0.4, -0.2) is 34.1 Å². The van der Waals surface area contributed by atoms with Crippen LogP contribution in [0.25, 0.3) is 5.65 Å². The van der Waals surface area contributed by atoms with E-state index in [2.05, 4.69) is 10.3 Å². The Balaban J connectivity index is 1.46. The molecule has 0 saturated heterocycles. The highest BCUT2D eigenvalue weighted by atomic mass is 16.6. The molecule has 1 unspecified atom stereocenters. The molecule has 0 aliphatic rings. The molecule has 0 aliphatic heterocycles. The third kappa shape index (κ3) is 4.38. The molecular formula is C19H19N3O4. The van der Waals surface area contributed by atoms with Crippen molar-refractivity contribution in [3.8, 4) is 0 Å². The minimum atomic E-state index is -0.562. The van der Waals surface area contributed by atoms with Gasteiger partial charge in [-0.15, -0.1) is 0 Å². The van der Waals surface area contributed by atoms with Gasteiger partial charge in [-0.05, 0) is 24.6 Å². The van der Waals surface area contributed by atoms with E-state index in [1.54, 1.807) is 41.9 Å². The van der Waals surface area contributed by atoms with Crippen molar-refractivity contribution in [1.29, 1.82) is 0 Å². The van der Waals surface area contributed by atoms with E-state index in [-0.39, 0.29) is 13.2 Å². The lowest BCUT2D eigenvalue weighted by Crippen LogP contribution is -2.33. The van der Waals surface area contributed by atoms with Crippen LogP contribution < -0.4 is 5.32 Å². The van der Waals surface area contributed by atoms with Gasteiger partial charge in [-0.1, -0.05) is 36.4 Å². The van der Waals surface area contributed by atoms with Gasteiger partial charge in [0.2, 0.25) is 0 Å². The first-order valence-electron chi connectivity index (χ1n) is 8.21. The van der Waals surface area contributed by atoms with Crippen LogP contribution in [0, 0.1) is 0 Å². The highest BCUT2D eigenvalue weighted by Crippen LogP contribution is 2.08. The molecule has 0 bridgehead atoms. The van der Waals surface area contributed by atoms with Gasteiger partial charge in [0.25, 0.3) is 0 Å². The Morgan fingerprint density at radius 1 is 1.15 bits per heavy atom. The van der Waals surface area contributed by atoms with Crippen LogP contribution in [0.15, 0.2) is 60.9 Å². The quantitative estimate of drug-likeness (QED) is 0.689. The Morgan fingerprint density at radius 3 is 2.77 bits per heavy atom. The zero-order valence-electron chi connectivity index (χ0n) is 14.3. The summed E-state index contributed by atoms with van der Waals surface area (Å²) in [6.45, 7) is 2.03. The zero-order valence-corrected chi connectivity index (χ0v) is 14.3. The maximum absolute atomic E-state index is 12.3. The number of rotatable bonds is 6. The van der Waals surface area contributed by atoms with Gasteiger partial charge in [0, 0.05) is 12.4 Å². The minimum absolute atomic E-state index is 0.152. The maximum atomic E-state index is 12.3. The van der Waals surface area contributed by atoms with Crippen molar-refractivity contribution in [2.75, 3.05) is 6.54 Å². The number of alkyl carbamates (subject to hydrolysis) is 1. The molecule has 0 saturated carbocycles. The Morgan fingerprint density at radius 2 is 1.96 bits per heavy atom. The number of amides is 1. The van der Waals surface area contributed by atoms with Gasteiger partial charge in [0.15, 0.2) is 0 Å². The van der Waals surface area contributed by atoms with Gasteiger partial charge >= 0.3 is 12.1 Å². The first-order valence-corrected chi connectivity index (χ1v) is 8.21. The second-order valence-corrected chi connectivity index (χ2v) is 5.73. The Hall–Kier alpha value is -3.35. The van der Waals surface area contributed by atoms with Crippen molar-refractivity contribution >= 4 is 17.7 Å². The lowest BCUT2D eigenvalue weighted by atomic mass is 10.2. The predicted octanol–water partition coefficient (Wildman–Crippen LogP) is 2.81. The average molecular weight is 353 g/mol. The molecule has 26 heavy (non-hydrogen) atoms. The van der Waals surface area contributed by atoms with Crippen molar-refractivity contribution in [2.45, 2.75) is 19.6 Å². The van der Waals surface area contributed by atoms with Gasteiger partial charge in [0.05, 0.1) is 6.54 Å². The Bertz CT molecular complexity index is 892. The first kappa shape index (κ1) is 17.5. The maximum Gasteiger partial charge on any atom is 0.407 e. The van der Waals surface area contributed by atoms with E-state index >= 15 is 0 Å². The van der Waals surface area contributed by atoms with Crippen molar-refractivity contribution in [3.63, 3.8) is 0 Å². The SMILES string of the molecule is CC(CNC(=O)OCc1ccccc1)OC(=O)c1cccc2nccn12. The minimum Gasteiger partial charge on any atom is -0.456 e. The molecular weight excluding hydrogens is 334 g/mol. The number of nitrogens with one attached hydrogen (secondary N) is 1. The Kier molecular flexibility index (Phi) is 5.48. The molecule has 7 nitrogen and oxygen atoms in total. The van der Waals surface area contributed by atoms with E-state index in [1.807, 2.05) is 30.3 Å². The van der Waals surface area contributed by atoms with Crippen molar-refractivity contribution in [2.24, 2.45) is 0 Å². The molecule has 2 heterocycles. The number of aromatic nitrogens is 2. The van der Waals surface area contributed by atoms with Gasteiger partial charge in [0.1, 0.15) is 24.1 Å². The summed E-state index contributed by atoms with van der Waals surface area (Å²) >= 11 is 0. The molecule has 0 spiro atoms. The van der Waals surface area contributed by atoms with Crippen LogP contribution in [-0.2, 0) is 16.1 Å². The molecule has 2 aromatic heterocycles. The molecule has 0 fully saturated rings. The first-order chi connectivity index (χ1) is 12.6. The highest BCUT2D eigenvalue weighted by molar-refractivity contribution is 5.88. The fourth-order valence-corrected chi connectivity index (χ4v) is 2.40. The number of pyridine rings is 1. The lowest BCUT2D eigenvalue weighted by Gasteiger charge is -2.15. The van der Waals surface area contributed by atoms with Crippen LogP contribution in [0.5, 0.6) is 0 Å². The summed E-state index contributed by atoms with van der Waals surface area (Å²) in [7, 11) is 0. The van der Waals surface area contributed by atoms with E-state index in [1.165, 1.54) is 0 Å². The number of ether oxygens (including phenoxy) is 2. The number of carbonyl (C=O) groups is 2. The van der Waals surface area contributed by atoms with E-state index in [9.17, 15) is 9.59 Å². The number of hydrogen-bond donors (Lipinski definition) is 1. The number of benzene rings is 1. The average Bonchev–Trinajstić information content (AvgIpc) is 3.14. The number of nitrogens with zero attached hydrogens (tertiary/aromatic N) is 2. The van der Waals surface area contributed by atoms with Gasteiger partial charge in [-0.25, -0.2) is 14.6 Å². The Labute approximate surface area is 150 Å². The fourth-order valence-electron chi connectivity index (χ4n) is 2.40. The molecule has 0 aliphatic carbocycles. The van der Waals surface area contributed by atoms with E-state index in [0.29, 0.717) is 11.3 Å². The van der Waals surface area contributed by atoms with Crippen LogP contribution in [0.4, 0.5) is 4.79 Å². The standard InChI is InChI=1S/C19H19N3O4/c1-14(12-21-19(24)25-13-15-6-3-2-4-7-15)26-18(23)16-8-5-9-17-20-10-11-22(16)17/h2-11,14H,12-13H2,1H3,(H,21,24). The smallest absolute Gasteiger partial charge is 0.407 e. The zero-order chi connectivity index (χ0) is 18.4. The largest absolute Gasteiger partial charge is 0.456 e. The van der Waals surface area contributed by atoms with E-state index in [4.69, 9.17) is 9.47 Å². The van der Waals surface area contributed by atoms with Gasteiger partial charge in [-0.3, -0.25) is 4.40 Å². The van der Waals surface area contributed by atoms with Crippen LogP contribution in [0.2, 0.25) is 0 Å². The predicted molar refractivity (Wildman–Crippen MR) is 94.7 cm³/mol. The molecule has 1 aromatic carbocycles. The van der Waals surface area contributed by atoms with Crippen LogP contribution >= 0.6 is 0 Å². The monoisotopic (exact) mass is 353 g/mol. The normalized spacial score (nSPS) is 11.7. The van der Waals surface area contributed by atoms with Crippen molar-refractivity contribution in [3.05, 3.63) is 72.2 Å². The molecule has 3 aromatic rings. The fraction of sp³-hybridized carbons (Fsp3) is 0.211. The lowest BCUT2D eigenvalue weighted by molar-refractivity contribution is 0.0328. The molecule has 134 valence electrons. The number of imidazole rings is 1. The summed E-state index contributed by atoms with van der Waals surface area (Å²) in [6, 6.07) is 14.6. The second kappa shape index (κ2) is 8.15. The van der Waals surface area contributed by atoms with Gasteiger partial charge < -0.3 is 14.8 Å². The van der Waals surface area contributed by atoms with Crippen LogP contribution in [0.3, 0.4) is 0 Å². The summed E-state index contributed by atoms with van der Waals surface area (Å²) in [6.07, 6.45) is 2.23. The van der Waals surface area contributed by atoms with Crippen molar-refractivity contribution < 1.29 is 19.1 Å². The topological polar surface area (TPSA) is 81.9 Å². The number of esters is 1. The van der Waals surface area contributed by atoms with Gasteiger partial charge in [-0.2, -0.15) is 0 Å². The number of carbonyl (C=O) groups excluding carboxylic acids is 2. The van der Waals surface area contributed by atoms with Crippen LogP contribution in [0.1, 0.15) is 23.0 Å². The highest BCUT2D eigenvalue weighted by Gasteiger charge is 2.16. The molecule has 1 amide bonds. The third-order valence-electron chi connectivity index (χ3n) is 3.69.